The van der Waals surface area contributed by atoms with Gasteiger partial charge in [0.05, 0.1) is 0 Å². The predicted octanol–water partition coefficient (Wildman–Crippen LogP) is 13.1. The molecule has 0 nitrogen and oxygen atoms in total. The number of fused-ring (bicyclic) bond motifs is 9. The van der Waals surface area contributed by atoms with E-state index in [2.05, 4.69) is 172 Å². The summed E-state index contributed by atoms with van der Waals surface area (Å²) in [5.74, 6) is 0. The first-order chi connectivity index (χ1) is 23.1. The molecule has 0 heterocycles. The molecule has 0 saturated heterocycles. The Balaban J connectivity index is 1.31. The van der Waals surface area contributed by atoms with Crippen LogP contribution in [0.25, 0.3) is 87.2 Å². The lowest BCUT2D eigenvalue weighted by molar-refractivity contribution is 0.661. The van der Waals surface area contributed by atoms with Gasteiger partial charge in [0.15, 0.2) is 0 Å². The van der Waals surface area contributed by atoms with E-state index in [1.807, 2.05) is 0 Å². The average Bonchev–Trinajstić information content (AvgIpc) is 3.34. The molecule has 10 rings (SSSR count). The Hall–Kier alpha value is -5.72. The Kier molecular flexibility index (Phi) is 5.44. The molecule has 0 bridgehead atoms. The summed E-state index contributed by atoms with van der Waals surface area (Å²) in [7, 11) is 0. The van der Waals surface area contributed by atoms with Gasteiger partial charge in [0.1, 0.15) is 0 Å². The summed E-state index contributed by atoms with van der Waals surface area (Å²) >= 11 is 0. The first-order valence-electron chi connectivity index (χ1n) is 16.6. The van der Waals surface area contributed by atoms with E-state index in [0.29, 0.717) is 0 Å². The second-order valence-corrected chi connectivity index (χ2v) is 13.7. The summed E-state index contributed by atoms with van der Waals surface area (Å²) in [6.07, 6.45) is 0. The summed E-state index contributed by atoms with van der Waals surface area (Å²) in [5, 5.41) is 12.9. The molecule has 0 saturated carbocycles. The maximum Gasteiger partial charge on any atom is 0.0159 e. The van der Waals surface area contributed by atoms with Gasteiger partial charge in [-0.15, -0.1) is 0 Å². The smallest absolute Gasteiger partial charge is 0.0159 e. The summed E-state index contributed by atoms with van der Waals surface area (Å²) < 4.78 is 0. The van der Waals surface area contributed by atoms with Crippen LogP contribution in [0.4, 0.5) is 0 Å². The first-order valence-corrected chi connectivity index (χ1v) is 16.6. The van der Waals surface area contributed by atoms with Crippen LogP contribution in [-0.2, 0) is 5.41 Å². The molecule has 0 unspecified atom stereocenters. The van der Waals surface area contributed by atoms with Crippen LogP contribution in [0.3, 0.4) is 0 Å². The minimum absolute atomic E-state index is 0.0931. The Bertz CT molecular complexity index is 2700. The van der Waals surface area contributed by atoms with Crippen molar-refractivity contribution < 1.29 is 0 Å². The predicted molar refractivity (Wildman–Crippen MR) is 202 cm³/mol. The van der Waals surface area contributed by atoms with E-state index in [1.54, 1.807) is 0 Å². The molecular weight excluding hydrogens is 565 g/mol. The van der Waals surface area contributed by atoms with Crippen LogP contribution in [-0.4, -0.2) is 0 Å². The molecule has 0 radical (unpaired) electrons. The summed E-state index contributed by atoms with van der Waals surface area (Å²) in [4.78, 5) is 0. The maximum absolute atomic E-state index is 2.43. The topological polar surface area (TPSA) is 0 Å². The molecule has 47 heavy (non-hydrogen) atoms. The highest BCUT2D eigenvalue weighted by Crippen LogP contribution is 2.55. The van der Waals surface area contributed by atoms with Crippen LogP contribution in [0, 0.1) is 0 Å². The van der Waals surface area contributed by atoms with Gasteiger partial charge < -0.3 is 0 Å². The Morgan fingerprint density at radius 1 is 0.319 bits per heavy atom. The fraction of sp³-hybridized carbons (Fsp3) is 0.0638. The monoisotopic (exact) mass is 596 g/mol. The normalized spacial score (nSPS) is 13.5. The van der Waals surface area contributed by atoms with Crippen molar-refractivity contribution in [3.8, 4) is 33.4 Å². The number of hydrogen-bond donors (Lipinski definition) is 0. The van der Waals surface area contributed by atoms with Crippen molar-refractivity contribution in [2.75, 3.05) is 0 Å². The minimum Gasteiger partial charge on any atom is -0.0616 e. The van der Waals surface area contributed by atoms with Crippen LogP contribution in [0.1, 0.15) is 25.0 Å². The Labute approximate surface area is 274 Å². The third-order valence-corrected chi connectivity index (χ3v) is 10.8. The molecule has 1 aliphatic carbocycles. The second-order valence-electron chi connectivity index (χ2n) is 13.7. The highest BCUT2D eigenvalue weighted by Gasteiger charge is 2.37. The van der Waals surface area contributed by atoms with Crippen LogP contribution in [0.5, 0.6) is 0 Å². The fourth-order valence-electron chi connectivity index (χ4n) is 8.57. The molecule has 0 fully saturated rings. The van der Waals surface area contributed by atoms with Crippen LogP contribution in [0.15, 0.2) is 158 Å². The Morgan fingerprint density at radius 2 is 0.851 bits per heavy atom. The standard InChI is InChI=1S/C47H32/c1-47(2)42-21-11-20-39(46(42)41-26-31-13-3-4-14-32(31)28-43(41)47)45-37-18-9-7-16-35(37)44(36-17-8-10-19-38(36)45)33-25-24-30-23-22-29-12-5-6-15-34(29)40(30)27-33/h3-28H,1-2H3. The van der Waals surface area contributed by atoms with Gasteiger partial charge in [-0.05, 0) is 117 Å². The summed E-state index contributed by atoms with van der Waals surface area (Å²) in [5.41, 5.74) is 10.6. The van der Waals surface area contributed by atoms with Crippen LogP contribution in [0.2, 0.25) is 0 Å². The zero-order valence-electron chi connectivity index (χ0n) is 26.5. The van der Waals surface area contributed by atoms with E-state index in [1.165, 1.54) is 98.4 Å². The largest absolute Gasteiger partial charge is 0.0616 e. The van der Waals surface area contributed by atoms with Crippen molar-refractivity contribution in [1.29, 1.82) is 0 Å². The van der Waals surface area contributed by atoms with E-state index in [4.69, 9.17) is 0 Å². The fourth-order valence-corrected chi connectivity index (χ4v) is 8.57. The van der Waals surface area contributed by atoms with Gasteiger partial charge in [-0.3, -0.25) is 0 Å². The summed E-state index contributed by atoms with van der Waals surface area (Å²) in [6, 6.07) is 59.0. The number of benzene rings is 9. The molecule has 0 heteroatoms. The molecular formula is C47H32. The van der Waals surface area contributed by atoms with Gasteiger partial charge in [0.25, 0.3) is 0 Å². The van der Waals surface area contributed by atoms with Gasteiger partial charge in [-0.25, -0.2) is 0 Å². The molecule has 0 atom stereocenters. The van der Waals surface area contributed by atoms with E-state index in [9.17, 15) is 0 Å². The van der Waals surface area contributed by atoms with Crippen molar-refractivity contribution in [2.24, 2.45) is 0 Å². The number of rotatable bonds is 2. The first kappa shape index (κ1) is 26.5. The van der Waals surface area contributed by atoms with Gasteiger partial charge in [0.2, 0.25) is 0 Å². The third kappa shape index (κ3) is 3.70. The van der Waals surface area contributed by atoms with Crippen molar-refractivity contribution in [1.82, 2.24) is 0 Å². The molecule has 220 valence electrons. The van der Waals surface area contributed by atoms with Gasteiger partial charge >= 0.3 is 0 Å². The van der Waals surface area contributed by atoms with E-state index in [0.717, 1.165) is 0 Å². The highest BCUT2D eigenvalue weighted by molar-refractivity contribution is 6.23. The van der Waals surface area contributed by atoms with Gasteiger partial charge in [-0.2, -0.15) is 0 Å². The zero-order valence-corrected chi connectivity index (χ0v) is 26.5. The lowest BCUT2D eigenvalue weighted by Crippen LogP contribution is -2.14. The molecule has 1 aliphatic rings. The van der Waals surface area contributed by atoms with Gasteiger partial charge in [-0.1, -0.05) is 153 Å². The minimum atomic E-state index is -0.0931. The van der Waals surface area contributed by atoms with Crippen molar-refractivity contribution in [2.45, 2.75) is 19.3 Å². The molecule has 0 aliphatic heterocycles. The third-order valence-electron chi connectivity index (χ3n) is 10.8. The number of hydrogen-bond acceptors (Lipinski definition) is 0. The molecule has 0 amide bonds. The maximum atomic E-state index is 2.43. The molecule has 9 aromatic rings. The van der Waals surface area contributed by atoms with Crippen LogP contribution < -0.4 is 0 Å². The van der Waals surface area contributed by atoms with Crippen LogP contribution >= 0.6 is 0 Å². The lowest BCUT2D eigenvalue weighted by atomic mass is 9.80. The zero-order chi connectivity index (χ0) is 31.3. The molecule has 0 spiro atoms. The lowest BCUT2D eigenvalue weighted by Gasteiger charge is -2.23. The van der Waals surface area contributed by atoms with E-state index < -0.39 is 0 Å². The Morgan fingerprint density at radius 3 is 1.53 bits per heavy atom. The van der Waals surface area contributed by atoms with Crippen molar-refractivity contribution in [3.05, 3.63) is 169 Å². The molecule has 0 aromatic heterocycles. The van der Waals surface area contributed by atoms with E-state index >= 15 is 0 Å². The van der Waals surface area contributed by atoms with Crippen molar-refractivity contribution >= 4 is 53.9 Å². The van der Waals surface area contributed by atoms with Crippen molar-refractivity contribution in [3.63, 3.8) is 0 Å². The molecule has 0 N–H and O–H groups in total. The SMILES string of the molecule is CC1(C)c2cc3ccccc3cc2-c2c(-c3c4ccccc4c(-c4ccc5ccc6ccccc6c5c4)c4ccccc34)cccc21. The average molecular weight is 597 g/mol. The highest BCUT2D eigenvalue weighted by atomic mass is 14.4. The quantitative estimate of drug-likeness (QED) is 0.138. The van der Waals surface area contributed by atoms with Gasteiger partial charge in [0, 0.05) is 5.41 Å². The second kappa shape index (κ2) is 9.64. The molecule has 9 aromatic carbocycles. The van der Waals surface area contributed by atoms with E-state index in [-0.39, 0.29) is 5.41 Å². The summed E-state index contributed by atoms with van der Waals surface area (Å²) in [6.45, 7) is 4.78.